The van der Waals surface area contributed by atoms with E-state index in [2.05, 4.69) is 29.1 Å². The lowest BCUT2D eigenvalue weighted by atomic mass is 10.0. The van der Waals surface area contributed by atoms with Crippen molar-refractivity contribution in [3.63, 3.8) is 0 Å². The minimum atomic E-state index is -4.49. The second-order valence-corrected chi connectivity index (χ2v) is 6.15. The van der Waals surface area contributed by atoms with Crippen molar-refractivity contribution in [2.45, 2.75) is 19.5 Å². The van der Waals surface area contributed by atoms with E-state index in [1.165, 1.54) is 17.7 Å². The number of ether oxygens (including phenoxy) is 1. The average Bonchev–Trinajstić information content (AvgIpc) is 2.58. The molecule has 1 amide bonds. The molecule has 2 aromatic rings. The molecule has 1 atom stereocenters. The molecule has 0 saturated heterocycles. The number of nitrogens with one attached hydrogen (secondary N) is 1. The van der Waals surface area contributed by atoms with Crippen LogP contribution in [0.15, 0.2) is 48.5 Å². The van der Waals surface area contributed by atoms with Crippen LogP contribution < -0.4 is 15.8 Å². The number of hydrogen-bond donors (Lipinski definition) is 2. The Morgan fingerprint density at radius 3 is 2.50 bits per heavy atom. The van der Waals surface area contributed by atoms with Gasteiger partial charge in [-0.3, -0.25) is 4.79 Å². The van der Waals surface area contributed by atoms with Gasteiger partial charge in [-0.1, -0.05) is 37.3 Å². The molecule has 0 aliphatic heterocycles. The summed E-state index contributed by atoms with van der Waals surface area (Å²) in [7, 11) is 0. The molecule has 0 heterocycles. The molecule has 0 unspecified atom stereocenters. The van der Waals surface area contributed by atoms with Gasteiger partial charge in [0.1, 0.15) is 5.75 Å². The van der Waals surface area contributed by atoms with Crippen LogP contribution in [0.4, 0.5) is 18.9 Å². The topological polar surface area (TPSA) is 64.3 Å². The molecule has 0 fully saturated rings. The van der Waals surface area contributed by atoms with Crippen molar-refractivity contribution in [2.75, 3.05) is 18.5 Å². The number of carbonyl (C=O) groups is 1. The Balaban J connectivity index is 1.99. The zero-order valence-corrected chi connectivity index (χ0v) is 14.3. The molecule has 3 N–H and O–H groups in total. The predicted molar refractivity (Wildman–Crippen MR) is 94.3 cm³/mol. The summed E-state index contributed by atoms with van der Waals surface area (Å²) in [6.45, 7) is 1.24. The van der Waals surface area contributed by atoms with Crippen molar-refractivity contribution in [1.29, 1.82) is 0 Å². The van der Waals surface area contributed by atoms with Gasteiger partial charge in [-0.25, -0.2) is 0 Å². The third-order valence-corrected chi connectivity index (χ3v) is 3.72. The van der Waals surface area contributed by atoms with Crippen LogP contribution in [0.5, 0.6) is 5.75 Å². The molecule has 0 spiro atoms. The normalized spacial score (nSPS) is 12.5. The van der Waals surface area contributed by atoms with Gasteiger partial charge in [0.05, 0.1) is 5.56 Å². The second kappa shape index (κ2) is 8.60. The lowest BCUT2D eigenvalue weighted by Crippen LogP contribution is -2.21. The highest BCUT2D eigenvalue weighted by Crippen LogP contribution is 2.25. The van der Waals surface area contributed by atoms with Gasteiger partial charge in [0.15, 0.2) is 6.61 Å². The molecule has 4 nitrogen and oxygen atoms in total. The highest BCUT2D eigenvalue weighted by molar-refractivity contribution is 5.96. The summed E-state index contributed by atoms with van der Waals surface area (Å²) in [4.78, 5) is 11.5. The summed E-state index contributed by atoms with van der Waals surface area (Å²) in [5, 5.41) is 3.17. The maximum absolute atomic E-state index is 12.3. The van der Waals surface area contributed by atoms with E-state index in [4.69, 9.17) is 5.73 Å². The van der Waals surface area contributed by atoms with E-state index in [0.29, 0.717) is 18.2 Å². The highest BCUT2D eigenvalue weighted by Gasteiger charge is 2.29. The maximum atomic E-state index is 12.3. The summed E-state index contributed by atoms with van der Waals surface area (Å²) in [5.74, 6) is -0.712. The number of amides is 1. The molecule has 2 rings (SSSR count). The first-order valence-electron chi connectivity index (χ1n) is 8.16. The zero-order valence-electron chi connectivity index (χ0n) is 14.3. The third-order valence-electron chi connectivity index (χ3n) is 3.72. The lowest BCUT2D eigenvalue weighted by Gasteiger charge is -2.16. The van der Waals surface area contributed by atoms with E-state index in [0.717, 1.165) is 6.42 Å². The molecule has 0 aliphatic carbocycles. The number of rotatable bonds is 8. The molecule has 140 valence electrons. The van der Waals surface area contributed by atoms with Crippen molar-refractivity contribution < 1.29 is 22.7 Å². The molecule has 0 aliphatic rings. The van der Waals surface area contributed by atoms with Crippen LogP contribution in [0.25, 0.3) is 0 Å². The number of benzene rings is 2. The van der Waals surface area contributed by atoms with Gasteiger partial charge in [-0.2, -0.15) is 13.2 Å². The molecular formula is C19H21F3N2O2. The van der Waals surface area contributed by atoms with E-state index in [-0.39, 0.29) is 11.3 Å². The quantitative estimate of drug-likeness (QED) is 0.742. The molecule has 0 radical (unpaired) electrons. The number of nitrogens with two attached hydrogens (primary N) is 1. The van der Waals surface area contributed by atoms with Crippen LogP contribution in [0.2, 0.25) is 0 Å². The Labute approximate surface area is 150 Å². The molecule has 0 aromatic heterocycles. The number of alkyl halides is 3. The fourth-order valence-corrected chi connectivity index (χ4v) is 2.50. The van der Waals surface area contributed by atoms with Crippen molar-refractivity contribution >= 4 is 11.6 Å². The van der Waals surface area contributed by atoms with Gasteiger partial charge in [-0.15, -0.1) is 0 Å². The molecule has 2 aromatic carbocycles. The van der Waals surface area contributed by atoms with Crippen molar-refractivity contribution in [3.05, 3.63) is 59.7 Å². The molecule has 26 heavy (non-hydrogen) atoms. The Bertz CT molecular complexity index is 733. The molecule has 0 saturated carbocycles. The van der Waals surface area contributed by atoms with E-state index in [9.17, 15) is 18.0 Å². The predicted octanol–water partition coefficient (Wildman–Crippen LogP) is 4.02. The van der Waals surface area contributed by atoms with Crippen LogP contribution >= 0.6 is 0 Å². The number of halogens is 3. The van der Waals surface area contributed by atoms with E-state index in [1.54, 1.807) is 6.07 Å². The van der Waals surface area contributed by atoms with Crippen molar-refractivity contribution in [3.8, 4) is 5.75 Å². The third kappa shape index (κ3) is 6.31. The molecule has 0 bridgehead atoms. The van der Waals surface area contributed by atoms with Gasteiger partial charge < -0.3 is 15.8 Å². The number of carbonyl (C=O) groups excluding carboxylic acids is 1. The number of hydrogen-bond acceptors (Lipinski definition) is 3. The maximum Gasteiger partial charge on any atom is 0.422 e. The molecule has 7 heteroatoms. The fraction of sp³-hybridized carbons (Fsp3) is 0.316. The first kappa shape index (κ1) is 19.6. The van der Waals surface area contributed by atoms with Crippen LogP contribution in [0.1, 0.15) is 22.8 Å². The molecular weight excluding hydrogens is 345 g/mol. The van der Waals surface area contributed by atoms with E-state index < -0.39 is 18.7 Å². The van der Waals surface area contributed by atoms with Crippen LogP contribution in [0, 0.1) is 5.92 Å². The summed E-state index contributed by atoms with van der Waals surface area (Å²) in [6.07, 6.45) is -3.61. The first-order valence-corrected chi connectivity index (χ1v) is 8.16. The van der Waals surface area contributed by atoms with Gasteiger partial charge in [0.25, 0.3) is 5.91 Å². The van der Waals surface area contributed by atoms with Crippen LogP contribution in [-0.4, -0.2) is 25.2 Å². The summed E-state index contributed by atoms with van der Waals surface area (Å²) >= 11 is 0. The SMILES string of the molecule is C[C@H](CNc1ccc(OCC(F)(F)F)c(C(N)=O)c1)Cc1ccccc1. The van der Waals surface area contributed by atoms with Crippen molar-refractivity contribution in [1.82, 2.24) is 0 Å². The zero-order chi connectivity index (χ0) is 19.2. The van der Waals surface area contributed by atoms with Gasteiger partial charge in [0.2, 0.25) is 0 Å². The fourth-order valence-electron chi connectivity index (χ4n) is 2.50. The lowest BCUT2D eigenvalue weighted by molar-refractivity contribution is -0.153. The number of anilines is 1. The van der Waals surface area contributed by atoms with Crippen LogP contribution in [-0.2, 0) is 6.42 Å². The Morgan fingerprint density at radius 2 is 1.88 bits per heavy atom. The minimum Gasteiger partial charge on any atom is -0.483 e. The van der Waals surface area contributed by atoms with Gasteiger partial charge >= 0.3 is 6.18 Å². The Morgan fingerprint density at radius 1 is 1.19 bits per heavy atom. The van der Waals surface area contributed by atoms with E-state index in [1.807, 2.05) is 18.2 Å². The number of primary amides is 1. The highest BCUT2D eigenvalue weighted by atomic mass is 19.4. The largest absolute Gasteiger partial charge is 0.483 e. The van der Waals surface area contributed by atoms with Gasteiger partial charge in [-0.05, 0) is 36.1 Å². The van der Waals surface area contributed by atoms with Crippen molar-refractivity contribution in [2.24, 2.45) is 11.7 Å². The smallest absolute Gasteiger partial charge is 0.422 e. The minimum absolute atomic E-state index is 0.0880. The summed E-state index contributed by atoms with van der Waals surface area (Å²) in [5.41, 5.74) is 6.98. The van der Waals surface area contributed by atoms with Gasteiger partial charge in [0, 0.05) is 12.2 Å². The summed E-state index contributed by atoms with van der Waals surface area (Å²) < 4.78 is 41.5. The Hall–Kier alpha value is -2.70. The standard InChI is InChI=1S/C19H21F3N2O2/c1-13(9-14-5-3-2-4-6-14)11-24-15-7-8-17(16(10-15)18(23)25)26-12-19(20,21)22/h2-8,10,13,24H,9,11-12H2,1H3,(H2,23,25)/t13-/m0/s1. The first-order chi connectivity index (χ1) is 12.2. The van der Waals surface area contributed by atoms with Crippen LogP contribution in [0.3, 0.4) is 0 Å². The summed E-state index contributed by atoms with van der Waals surface area (Å²) in [6, 6.07) is 14.3. The average molecular weight is 366 g/mol. The Kier molecular flexibility index (Phi) is 6.49. The second-order valence-electron chi connectivity index (χ2n) is 6.15. The van der Waals surface area contributed by atoms with E-state index >= 15 is 0 Å². The monoisotopic (exact) mass is 366 g/mol.